The SMILES string of the molecule is CCSCC(C=NC)=CN. The number of nitrogens with two attached hydrogens (primary N) is 1. The lowest BCUT2D eigenvalue weighted by Gasteiger charge is -1.96. The quantitative estimate of drug-likeness (QED) is 0.626. The fourth-order valence-corrected chi connectivity index (χ4v) is 1.12. The van der Waals surface area contributed by atoms with Crippen LogP contribution in [0.4, 0.5) is 0 Å². The van der Waals surface area contributed by atoms with E-state index in [2.05, 4.69) is 11.9 Å². The second-order valence-electron chi connectivity index (χ2n) is 1.77. The largest absolute Gasteiger partial charge is 0.404 e. The van der Waals surface area contributed by atoms with E-state index in [0.29, 0.717) is 0 Å². The maximum Gasteiger partial charge on any atom is 0.0277 e. The van der Waals surface area contributed by atoms with E-state index in [9.17, 15) is 0 Å². The average Bonchev–Trinajstić information content (AvgIpc) is 1.98. The highest BCUT2D eigenvalue weighted by atomic mass is 32.2. The molecular formula is C7H14N2S. The van der Waals surface area contributed by atoms with Gasteiger partial charge in [0.15, 0.2) is 0 Å². The van der Waals surface area contributed by atoms with Gasteiger partial charge in [-0.1, -0.05) is 6.92 Å². The Balaban J connectivity index is 3.62. The van der Waals surface area contributed by atoms with Crippen molar-refractivity contribution in [2.24, 2.45) is 10.7 Å². The van der Waals surface area contributed by atoms with Crippen LogP contribution in [0.3, 0.4) is 0 Å². The normalized spacial score (nSPS) is 12.8. The summed E-state index contributed by atoms with van der Waals surface area (Å²) in [5, 5.41) is 0. The average molecular weight is 158 g/mol. The van der Waals surface area contributed by atoms with E-state index in [0.717, 1.165) is 17.1 Å². The van der Waals surface area contributed by atoms with Crippen LogP contribution in [0.2, 0.25) is 0 Å². The van der Waals surface area contributed by atoms with Crippen molar-refractivity contribution in [2.75, 3.05) is 18.6 Å². The number of aliphatic imine (C=N–C) groups is 1. The summed E-state index contributed by atoms with van der Waals surface area (Å²) < 4.78 is 0. The lowest BCUT2D eigenvalue weighted by Crippen LogP contribution is -1.94. The third-order valence-corrected chi connectivity index (χ3v) is 1.93. The summed E-state index contributed by atoms with van der Waals surface area (Å²) in [5.74, 6) is 2.08. The molecule has 0 aliphatic heterocycles. The standard InChI is InChI=1S/C7H14N2S/c1-3-10-6-7(4-8)5-9-2/h4-5H,3,6,8H2,1-2H3. The van der Waals surface area contributed by atoms with Crippen LogP contribution in [0.15, 0.2) is 16.8 Å². The number of hydrogen-bond donors (Lipinski definition) is 1. The highest BCUT2D eigenvalue weighted by Gasteiger charge is 1.89. The van der Waals surface area contributed by atoms with E-state index >= 15 is 0 Å². The Morgan fingerprint density at radius 3 is 2.80 bits per heavy atom. The zero-order valence-electron chi connectivity index (χ0n) is 6.50. The summed E-state index contributed by atoms with van der Waals surface area (Å²) in [6.07, 6.45) is 3.40. The molecule has 0 aliphatic rings. The van der Waals surface area contributed by atoms with Crippen molar-refractivity contribution >= 4 is 18.0 Å². The second kappa shape index (κ2) is 6.68. The summed E-state index contributed by atoms with van der Waals surface area (Å²) in [6, 6.07) is 0. The van der Waals surface area contributed by atoms with Crippen LogP contribution in [-0.2, 0) is 0 Å². The monoisotopic (exact) mass is 158 g/mol. The van der Waals surface area contributed by atoms with Gasteiger partial charge in [0.25, 0.3) is 0 Å². The number of rotatable bonds is 4. The van der Waals surface area contributed by atoms with Gasteiger partial charge in [-0.15, -0.1) is 0 Å². The first-order chi connectivity index (χ1) is 4.85. The minimum atomic E-state index is 0.963. The maximum absolute atomic E-state index is 5.33. The van der Waals surface area contributed by atoms with Gasteiger partial charge in [0.2, 0.25) is 0 Å². The van der Waals surface area contributed by atoms with Gasteiger partial charge in [-0.25, -0.2) is 0 Å². The molecule has 2 nitrogen and oxygen atoms in total. The Morgan fingerprint density at radius 2 is 2.40 bits per heavy atom. The number of hydrogen-bond acceptors (Lipinski definition) is 3. The summed E-state index contributed by atoms with van der Waals surface area (Å²) >= 11 is 1.84. The molecule has 2 N–H and O–H groups in total. The third kappa shape index (κ3) is 4.44. The van der Waals surface area contributed by atoms with Crippen molar-refractivity contribution in [1.29, 1.82) is 0 Å². The van der Waals surface area contributed by atoms with Crippen LogP contribution in [-0.4, -0.2) is 24.8 Å². The van der Waals surface area contributed by atoms with Gasteiger partial charge >= 0.3 is 0 Å². The van der Waals surface area contributed by atoms with Gasteiger partial charge in [-0.3, -0.25) is 4.99 Å². The van der Waals surface area contributed by atoms with Crippen molar-refractivity contribution in [3.05, 3.63) is 11.8 Å². The molecule has 0 bridgehead atoms. The summed E-state index contributed by atoms with van der Waals surface area (Å²) in [4.78, 5) is 3.87. The molecule has 0 radical (unpaired) electrons. The Bertz CT molecular complexity index is 130. The molecule has 0 saturated heterocycles. The highest BCUT2D eigenvalue weighted by molar-refractivity contribution is 7.99. The maximum atomic E-state index is 5.33. The predicted molar refractivity (Wildman–Crippen MR) is 49.7 cm³/mol. The van der Waals surface area contributed by atoms with E-state index in [1.807, 2.05) is 11.8 Å². The molecule has 0 amide bonds. The van der Waals surface area contributed by atoms with E-state index in [-0.39, 0.29) is 0 Å². The van der Waals surface area contributed by atoms with Gasteiger partial charge in [-0.05, 0) is 17.5 Å². The molecular weight excluding hydrogens is 144 g/mol. The topological polar surface area (TPSA) is 38.4 Å². The lowest BCUT2D eigenvalue weighted by molar-refractivity contribution is 1.42. The van der Waals surface area contributed by atoms with Crippen molar-refractivity contribution < 1.29 is 0 Å². The Hall–Kier alpha value is -0.440. The van der Waals surface area contributed by atoms with Gasteiger partial charge < -0.3 is 5.73 Å². The zero-order valence-corrected chi connectivity index (χ0v) is 7.32. The highest BCUT2D eigenvalue weighted by Crippen LogP contribution is 2.03. The Labute approximate surface area is 66.6 Å². The van der Waals surface area contributed by atoms with Crippen LogP contribution in [0, 0.1) is 0 Å². The summed E-state index contributed by atoms with van der Waals surface area (Å²) in [6.45, 7) is 2.13. The number of thioether (sulfide) groups is 1. The number of nitrogens with zero attached hydrogens (tertiary/aromatic N) is 1. The molecule has 0 aromatic heterocycles. The third-order valence-electron chi connectivity index (χ3n) is 0.982. The molecule has 0 spiro atoms. The molecule has 0 aromatic carbocycles. The van der Waals surface area contributed by atoms with E-state index in [1.54, 1.807) is 19.5 Å². The fraction of sp³-hybridized carbons (Fsp3) is 0.571. The predicted octanol–water partition coefficient (Wildman–Crippen LogP) is 1.28. The van der Waals surface area contributed by atoms with Gasteiger partial charge in [-0.2, -0.15) is 11.8 Å². The molecule has 0 aromatic rings. The molecule has 0 heterocycles. The van der Waals surface area contributed by atoms with Crippen molar-refractivity contribution in [3.8, 4) is 0 Å². The molecule has 0 fully saturated rings. The van der Waals surface area contributed by atoms with Crippen LogP contribution in [0.5, 0.6) is 0 Å². The van der Waals surface area contributed by atoms with Gasteiger partial charge in [0, 0.05) is 19.0 Å². The van der Waals surface area contributed by atoms with E-state index < -0.39 is 0 Å². The van der Waals surface area contributed by atoms with Gasteiger partial charge in [0.05, 0.1) is 0 Å². The Morgan fingerprint density at radius 1 is 1.70 bits per heavy atom. The summed E-state index contributed by atoms with van der Waals surface area (Å²) in [5.41, 5.74) is 6.42. The van der Waals surface area contributed by atoms with Crippen LogP contribution < -0.4 is 5.73 Å². The van der Waals surface area contributed by atoms with Crippen molar-refractivity contribution in [3.63, 3.8) is 0 Å². The Kier molecular flexibility index (Phi) is 6.38. The van der Waals surface area contributed by atoms with Crippen LogP contribution in [0.1, 0.15) is 6.92 Å². The lowest BCUT2D eigenvalue weighted by atomic mass is 10.4. The fourth-order valence-electron chi connectivity index (χ4n) is 0.514. The van der Waals surface area contributed by atoms with E-state index in [4.69, 9.17) is 5.73 Å². The van der Waals surface area contributed by atoms with Crippen LogP contribution >= 0.6 is 11.8 Å². The molecule has 0 unspecified atom stereocenters. The first-order valence-electron chi connectivity index (χ1n) is 3.25. The zero-order chi connectivity index (χ0) is 7.82. The summed E-state index contributed by atoms with van der Waals surface area (Å²) in [7, 11) is 1.75. The molecule has 0 rings (SSSR count). The van der Waals surface area contributed by atoms with Crippen molar-refractivity contribution in [1.82, 2.24) is 0 Å². The van der Waals surface area contributed by atoms with Gasteiger partial charge in [0.1, 0.15) is 0 Å². The first-order valence-corrected chi connectivity index (χ1v) is 4.41. The van der Waals surface area contributed by atoms with Crippen LogP contribution in [0.25, 0.3) is 0 Å². The molecule has 0 saturated carbocycles. The molecule has 10 heavy (non-hydrogen) atoms. The van der Waals surface area contributed by atoms with Crippen molar-refractivity contribution in [2.45, 2.75) is 6.92 Å². The minimum absolute atomic E-state index is 0.963. The van der Waals surface area contributed by atoms with E-state index in [1.165, 1.54) is 0 Å². The smallest absolute Gasteiger partial charge is 0.0277 e. The molecule has 0 aliphatic carbocycles. The first kappa shape index (κ1) is 9.56. The molecule has 0 atom stereocenters. The molecule has 58 valence electrons. The molecule has 3 heteroatoms. The second-order valence-corrected chi connectivity index (χ2v) is 3.04. The minimum Gasteiger partial charge on any atom is -0.404 e.